The third kappa shape index (κ3) is 3.61. The van der Waals surface area contributed by atoms with Gasteiger partial charge in [0.15, 0.2) is 0 Å². The summed E-state index contributed by atoms with van der Waals surface area (Å²) in [7, 11) is 1.31. The molecule has 0 saturated carbocycles. The summed E-state index contributed by atoms with van der Waals surface area (Å²) in [6.45, 7) is 0.226. The minimum Gasteiger partial charge on any atom is -0.481 e. The molecule has 78 valence electrons. The zero-order valence-electron chi connectivity index (χ0n) is 8.32. The number of benzene rings is 1. The number of methoxy groups -OCH3 is 1. The standard InChI is InChI=1S/C11H11NO3/c1-3-8-15-10-6-4-9(5-7-10)12-11(13)14-2/h1,4-7H,8H2,2H3,(H,12,13). The Kier molecular flexibility index (Phi) is 4.05. The van der Waals surface area contributed by atoms with Gasteiger partial charge in [0.05, 0.1) is 7.11 Å². The van der Waals surface area contributed by atoms with E-state index in [-0.39, 0.29) is 6.61 Å². The fourth-order valence-corrected chi connectivity index (χ4v) is 0.928. The van der Waals surface area contributed by atoms with Crippen molar-refractivity contribution < 1.29 is 14.3 Å². The summed E-state index contributed by atoms with van der Waals surface area (Å²) in [4.78, 5) is 10.8. The van der Waals surface area contributed by atoms with Crippen LogP contribution in [-0.2, 0) is 4.74 Å². The number of carbonyl (C=O) groups is 1. The fraction of sp³-hybridized carbons (Fsp3) is 0.182. The molecule has 0 saturated heterocycles. The van der Waals surface area contributed by atoms with Gasteiger partial charge >= 0.3 is 6.09 Å². The molecule has 0 aromatic heterocycles. The molecule has 4 nitrogen and oxygen atoms in total. The Bertz CT molecular complexity index is 364. The van der Waals surface area contributed by atoms with Gasteiger partial charge in [-0.2, -0.15) is 0 Å². The molecule has 0 aliphatic rings. The lowest BCUT2D eigenvalue weighted by molar-refractivity contribution is 0.187. The molecule has 1 amide bonds. The highest BCUT2D eigenvalue weighted by molar-refractivity contribution is 5.84. The van der Waals surface area contributed by atoms with Crippen molar-refractivity contribution in [2.75, 3.05) is 19.0 Å². The van der Waals surface area contributed by atoms with Crippen molar-refractivity contribution in [1.82, 2.24) is 0 Å². The average Bonchev–Trinajstić information content (AvgIpc) is 2.28. The highest BCUT2D eigenvalue weighted by atomic mass is 16.5. The van der Waals surface area contributed by atoms with Crippen LogP contribution in [0.15, 0.2) is 24.3 Å². The van der Waals surface area contributed by atoms with Crippen molar-refractivity contribution in [2.45, 2.75) is 0 Å². The van der Waals surface area contributed by atoms with E-state index in [0.29, 0.717) is 11.4 Å². The van der Waals surface area contributed by atoms with Gasteiger partial charge in [-0.3, -0.25) is 5.32 Å². The topological polar surface area (TPSA) is 47.6 Å². The van der Waals surface area contributed by atoms with Crippen LogP contribution >= 0.6 is 0 Å². The fourth-order valence-electron chi connectivity index (χ4n) is 0.928. The number of hydrogen-bond acceptors (Lipinski definition) is 3. The van der Waals surface area contributed by atoms with Gasteiger partial charge in [0.2, 0.25) is 0 Å². The molecule has 1 rings (SSSR count). The van der Waals surface area contributed by atoms with Crippen molar-refractivity contribution in [3.63, 3.8) is 0 Å². The van der Waals surface area contributed by atoms with Gasteiger partial charge in [0.25, 0.3) is 0 Å². The molecule has 0 radical (unpaired) electrons. The van der Waals surface area contributed by atoms with Crippen LogP contribution in [0.5, 0.6) is 5.75 Å². The van der Waals surface area contributed by atoms with E-state index in [9.17, 15) is 4.79 Å². The minimum absolute atomic E-state index is 0.226. The van der Waals surface area contributed by atoms with Crippen LogP contribution in [0.3, 0.4) is 0 Å². The van der Waals surface area contributed by atoms with Gasteiger partial charge in [0, 0.05) is 5.69 Å². The van der Waals surface area contributed by atoms with Crippen LogP contribution < -0.4 is 10.1 Å². The zero-order chi connectivity index (χ0) is 11.1. The second-order valence-corrected chi connectivity index (χ2v) is 2.63. The molecule has 0 aliphatic carbocycles. The molecular weight excluding hydrogens is 194 g/mol. The number of nitrogens with one attached hydrogen (secondary N) is 1. The van der Waals surface area contributed by atoms with Gasteiger partial charge < -0.3 is 9.47 Å². The van der Waals surface area contributed by atoms with E-state index in [1.807, 2.05) is 0 Å². The van der Waals surface area contributed by atoms with E-state index in [0.717, 1.165) is 0 Å². The van der Waals surface area contributed by atoms with Crippen molar-refractivity contribution in [2.24, 2.45) is 0 Å². The smallest absolute Gasteiger partial charge is 0.411 e. The maximum Gasteiger partial charge on any atom is 0.411 e. The normalized spacial score (nSPS) is 8.80. The molecule has 4 heteroatoms. The lowest BCUT2D eigenvalue weighted by Gasteiger charge is -2.05. The SMILES string of the molecule is C#CCOc1ccc(NC(=O)OC)cc1. The first-order chi connectivity index (χ1) is 7.26. The average molecular weight is 205 g/mol. The molecule has 1 N–H and O–H groups in total. The molecule has 1 aromatic carbocycles. The maximum absolute atomic E-state index is 10.8. The van der Waals surface area contributed by atoms with Crippen LogP contribution in [0, 0.1) is 12.3 Å². The number of terminal acetylenes is 1. The van der Waals surface area contributed by atoms with E-state index in [4.69, 9.17) is 11.2 Å². The van der Waals surface area contributed by atoms with Crippen LogP contribution in [-0.4, -0.2) is 19.8 Å². The molecule has 0 fully saturated rings. The Hall–Kier alpha value is -2.15. The molecule has 1 aromatic rings. The van der Waals surface area contributed by atoms with E-state index in [2.05, 4.69) is 16.0 Å². The summed E-state index contributed by atoms with van der Waals surface area (Å²) >= 11 is 0. The van der Waals surface area contributed by atoms with Crippen LogP contribution in [0.2, 0.25) is 0 Å². The van der Waals surface area contributed by atoms with Crippen molar-refractivity contribution >= 4 is 11.8 Å². The Balaban J connectivity index is 2.57. The zero-order valence-corrected chi connectivity index (χ0v) is 8.32. The third-order valence-electron chi connectivity index (χ3n) is 1.61. The van der Waals surface area contributed by atoms with Crippen molar-refractivity contribution in [3.8, 4) is 18.1 Å². The summed E-state index contributed by atoms with van der Waals surface area (Å²) in [6, 6.07) is 6.82. The predicted molar refractivity (Wildman–Crippen MR) is 56.8 cm³/mol. The maximum atomic E-state index is 10.8. The van der Waals surface area contributed by atoms with Crippen molar-refractivity contribution in [3.05, 3.63) is 24.3 Å². The number of anilines is 1. The van der Waals surface area contributed by atoms with Gasteiger partial charge in [-0.25, -0.2) is 4.79 Å². The summed E-state index contributed by atoms with van der Waals surface area (Å²) in [5.74, 6) is 3.02. The minimum atomic E-state index is -0.507. The number of rotatable bonds is 3. The molecule has 0 bridgehead atoms. The van der Waals surface area contributed by atoms with E-state index < -0.39 is 6.09 Å². The van der Waals surface area contributed by atoms with Crippen LogP contribution in [0.25, 0.3) is 0 Å². The highest BCUT2D eigenvalue weighted by Gasteiger charge is 1.99. The summed E-state index contributed by atoms with van der Waals surface area (Å²) in [5, 5.41) is 2.52. The highest BCUT2D eigenvalue weighted by Crippen LogP contribution is 2.15. The molecule has 0 aliphatic heterocycles. The predicted octanol–water partition coefficient (Wildman–Crippen LogP) is 1.88. The Morgan fingerprint density at radius 3 is 2.67 bits per heavy atom. The lowest BCUT2D eigenvalue weighted by atomic mass is 10.3. The van der Waals surface area contributed by atoms with E-state index >= 15 is 0 Å². The molecule has 0 heterocycles. The Morgan fingerprint density at radius 1 is 1.47 bits per heavy atom. The largest absolute Gasteiger partial charge is 0.481 e. The van der Waals surface area contributed by atoms with E-state index in [1.54, 1.807) is 24.3 Å². The quantitative estimate of drug-likeness (QED) is 0.766. The van der Waals surface area contributed by atoms with Crippen molar-refractivity contribution in [1.29, 1.82) is 0 Å². The summed E-state index contributed by atoms with van der Waals surface area (Å²) < 4.78 is 9.60. The lowest BCUT2D eigenvalue weighted by Crippen LogP contribution is -2.10. The summed E-state index contributed by atoms with van der Waals surface area (Å²) in [6.07, 6.45) is 4.53. The second-order valence-electron chi connectivity index (χ2n) is 2.63. The molecule has 0 unspecified atom stereocenters. The summed E-state index contributed by atoms with van der Waals surface area (Å²) in [5.41, 5.74) is 0.634. The second kappa shape index (κ2) is 5.55. The number of hydrogen-bond donors (Lipinski definition) is 1. The monoisotopic (exact) mass is 205 g/mol. The first kappa shape index (κ1) is 10.9. The molecule has 15 heavy (non-hydrogen) atoms. The number of amides is 1. The molecule has 0 atom stereocenters. The third-order valence-corrected chi connectivity index (χ3v) is 1.61. The van der Waals surface area contributed by atoms with E-state index in [1.165, 1.54) is 7.11 Å². The van der Waals surface area contributed by atoms with Crippen LogP contribution in [0.4, 0.5) is 10.5 Å². The number of carbonyl (C=O) groups excluding carboxylic acids is 1. The Labute approximate surface area is 88.2 Å². The number of ether oxygens (including phenoxy) is 2. The van der Waals surface area contributed by atoms with Crippen LogP contribution in [0.1, 0.15) is 0 Å². The van der Waals surface area contributed by atoms with Gasteiger partial charge in [-0.15, -0.1) is 6.42 Å². The first-order valence-electron chi connectivity index (χ1n) is 4.27. The van der Waals surface area contributed by atoms with Gasteiger partial charge in [0.1, 0.15) is 12.4 Å². The molecule has 0 spiro atoms. The first-order valence-corrected chi connectivity index (χ1v) is 4.27. The Morgan fingerprint density at radius 2 is 2.13 bits per heavy atom. The molecular formula is C11H11NO3. The van der Waals surface area contributed by atoms with Gasteiger partial charge in [-0.1, -0.05) is 5.92 Å². The van der Waals surface area contributed by atoms with Gasteiger partial charge in [-0.05, 0) is 24.3 Å².